The van der Waals surface area contributed by atoms with Gasteiger partial charge in [-0.2, -0.15) is 0 Å². The maximum atomic E-state index is 12.8. The summed E-state index contributed by atoms with van der Waals surface area (Å²) < 4.78 is 12.8. The molecular weight excluding hydrogens is 261 g/mol. The molecule has 2 rings (SSSR count). The second-order valence-corrected chi connectivity index (χ2v) is 4.55. The zero-order chi connectivity index (χ0) is 13.3. The number of nitrogens with two attached hydrogens (primary N) is 1. The summed E-state index contributed by atoms with van der Waals surface area (Å²) in [5, 5.41) is 14.1. The van der Waals surface area contributed by atoms with Crippen LogP contribution in [0.4, 0.5) is 10.1 Å². The normalized spacial score (nSPS) is 17.3. The van der Waals surface area contributed by atoms with E-state index in [2.05, 4.69) is 10.5 Å². The van der Waals surface area contributed by atoms with Crippen LogP contribution in [0.15, 0.2) is 23.4 Å². The van der Waals surface area contributed by atoms with Gasteiger partial charge in [-0.3, -0.25) is 4.79 Å². The van der Waals surface area contributed by atoms with Gasteiger partial charge in [-0.15, -0.1) is 0 Å². The number of nitrogens with one attached hydrogen (secondary N) is 1. The number of halogens is 2. The summed E-state index contributed by atoms with van der Waals surface area (Å²) in [5.74, 6) is -1.03. The van der Waals surface area contributed by atoms with Gasteiger partial charge < -0.3 is 16.3 Å². The van der Waals surface area contributed by atoms with Crippen molar-refractivity contribution in [3.05, 3.63) is 29.0 Å². The molecular formula is C11H11ClFN3O2. The van der Waals surface area contributed by atoms with E-state index >= 15 is 0 Å². The Morgan fingerprint density at radius 1 is 1.56 bits per heavy atom. The molecule has 1 aliphatic carbocycles. The Morgan fingerprint density at radius 2 is 2.22 bits per heavy atom. The Kier molecular flexibility index (Phi) is 3.13. The van der Waals surface area contributed by atoms with Crippen molar-refractivity contribution in [3.8, 4) is 0 Å². The lowest BCUT2D eigenvalue weighted by Gasteiger charge is -2.14. The Hall–Kier alpha value is -1.82. The molecule has 1 aromatic carbocycles. The highest BCUT2D eigenvalue weighted by molar-refractivity contribution is 6.34. The van der Waals surface area contributed by atoms with E-state index in [1.165, 1.54) is 12.1 Å². The summed E-state index contributed by atoms with van der Waals surface area (Å²) in [5.41, 5.74) is 4.80. The fourth-order valence-corrected chi connectivity index (χ4v) is 1.87. The van der Waals surface area contributed by atoms with Crippen molar-refractivity contribution in [2.24, 2.45) is 16.3 Å². The number of hydrogen-bond donors (Lipinski definition) is 3. The molecule has 0 spiro atoms. The minimum atomic E-state index is -0.966. The molecule has 1 saturated carbocycles. The first kappa shape index (κ1) is 12.6. The van der Waals surface area contributed by atoms with Crippen LogP contribution in [0.25, 0.3) is 0 Å². The van der Waals surface area contributed by atoms with Gasteiger partial charge in [-0.1, -0.05) is 16.8 Å². The van der Waals surface area contributed by atoms with Gasteiger partial charge in [0.2, 0.25) is 5.91 Å². The Bertz CT molecular complexity index is 529. The molecule has 96 valence electrons. The van der Waals surface area contributed by atoms with E-state index in [4.69, 9.17) is 22.5 Å². The van der Waals surface area contributed by atoms with Crippen LogP contribution in [-0.4, -0.2) is 17.0 Å². The van der Waals surface area contributed by atoms with Crippen LogP contribution in [0.1, 0.15) is 12.8 Å². The second kappa shape index (κ2) is 4.45. The third kappa shape index (κ3) is 2.11. The fraction of sp³-hybridized carbons (Fsp3) is 0.273. The highest BCUT2D eigenvalue weighted by atomic mass is 35.5. The average Bonchev–Trinajstić information content (AvgIpc) is 3.13. The lowest BCUT2D eigenvalue weighted by Crippen LogP contribution is -2.36. The first-order chi connectivity index (χ1) is 8.49. The lowest BCUT2D eigenvalue weighted by atomic mass is 10.1. The summed E-state index contributed by atoms with van der Waals surface area (Å²) in [4.78, 5) is 12.0. The largest absolute Gasteiger partial charge is 0.409 e. The van der Waals surface area contributed by atoms with E-state index in [-0.39, 0.29) is 10.9 Å². The van der Waals surface area contributed by atoms with Gasteiger partial charge in [-0.05, 0) is 31.0 Å². The lowest BCUT2D eigenvalue weighted by molar-refractivity contribution is -0.119. The maximum Gasteiger partial charge on any atom is 0.238 e. The molecule has 0 atom stereocenters. The minimum Gasteiger partial charge on any atom is -0.409 e. The van der Waals surface area contributed by atoms with Crippen LogP contribution in [0.5, 0.6) is 0 Å². The summed E-state index contributed by atoms with van der Waals surface area (Å²) >= 11 is 5.79. The minimum absolute atomic E-state index is 0.0960. The molecule has 1 aliphatic rings. The van der Waals surface area contributed by atoms with Crippen LogP contribution in [-0.2, 0) is 4.79 Å². The van der Waals surface area contributed by atoms with Crippen LogP contribution in [0.2, 0.25) is 5.02 Å². The van der Waals surface area contributed by atoms with Crippen LogP contribution >= 0.6 is 11.6 Å². The number of carbonyl (C=O) groups is 1. The van der Waals surface area contributed by atoms with Crippen LogP contribution < -0.4 is 11.1 Å². The van der Waals surface area contributed by atoms with Crippen molar-refractivity contribution in [3.63, 3.8) is 0 Å². The number of amidine groups is 1. The molecule has 0 aliphatic heterocycles. The second-order valence-electron chi connectivity index (χ2n) is 4.15. The van der Waals surface area contributed by atoms with Crippen molar-refractivity contribution in [1.29, 1.82) is 0 Å². The zero-order valence-electron chi connectivity index (χ0n) is 9.28. The molecule has 0 heterocycles. The van der Waals surface area contributed by atoms with Gasteiger partial charge in [0.05, 0.1) is 10.7 Å². The quantitative estimate of drug-likeness (QED) is 0.340. The number of rotatable bonds is 3. The molecule has 18 heavy (non-hydrogen) atoms. The highest BCUT2D eigenvalue weighted by Gasteiger charge is 2.54. The van der Waals surface area contributed by atoms with Crippen LogP contribution in [0, 0.1) is 11.2 Å². The van der Waals surface area contributed by atoms with E-state index < -0.39 is 17.1 Å². The number of anilines is 1. The molecule has 7 heteroatoms. The number of benzene rings is 1. The van der Waals surface area contributed by atoms with Crippen molar-refractivity contribution in [1.82, 2.24) is 0 Å². The molecule has 0 unspecified atom stereocenters. The Labute approximate surface area is 107 Å². The van der Waals surface area contributed by atoms with Gasteiger partial charge in [0.15, 0.2) is 5.84 Å². The van der Waals surface area contributed by atoms with E-state index in [9.17, 15) is 9.18 Å². The summed E-state index contributed by atoms with van der Waals surface area (Å²) in [6.07, 6.45) is 1.01. The molecule has 1 aromatic rings. The van der Waals surface area contributed by atoms with Gasteiger partial charge in [0, 0.05) is 0 Å². The van der Waals surface area contributed by atoms with Crippen LogP contribution in [0.3, 0.4) is 0 Å². The number of hydrogen-bond acceptors (Lipinski definition) is 3. The van der Waals surface area contributed by atoms with E-state index in [1.54, 1.807) is 0 Å². The standard InChI is InChI=1S/C11H11ClFN3O2/c12-7-5-6(13)1-2-8(7)15-10(17)11(3-4-11)9(14)16-18/h1-2,5,18H,3-4H2,(H2,14,16)(H,15,17). The maximum absolute atomic E-state index is 12.8. The molecule has 0 radical (unpaired) electrons. The first-order valence-corrected chi connectivity index (χ1v) is 5.62. The van der Waals surface area contributed by atoms with Gasteiger partial charge in [0.25, 0.3) is 0 Å². The van der Waals surface area contributed by atoms with Crippen molar-refractivity contribution in [2.75, 3.05) is 5.32 Å². The average molecular weight is 272 g/mol. The first-order valence-electron chi connectivity index (χ1n) is 5.24. The van der Waals surface area contributed by atoms with Gasteiger partial charge >= 0.3 is 0 Å². The smallest absolute Gasteiger partial charge is 0.238 e. The number of amides is 1. The summed E-state index contributed by atoms with van der Waals surface area (Å²) in [6.45, 7) is 0. The Morgan fingerprint density at radius 3 is 2.72 bits per heavy atom. The number of nitrogens with zero attached hydrogens (tertiary/aromatic N) is 1. The topological polar surface area (TPSA) is 87.7 Å². The van der Waals surface area contributed by atoms with Crippen molar-refractivity contribution >= 4 is 29.0 Å². The third-order valence-corrected chi connectivity index (χ3v) is 3.27. The van der Waals surface area contributed by atoms with E-state index in [1.807, 2.05) is 0 Å². The number of carbonyl (C=O) groups excluding carboxylic acids is 1. The molecule has 1 fully saturated rings. The van der Waals surface area contributed by atoms with Gasteiger partial charge in [-0.25, -0.2) is 4.39 Å². The predicted octanol–water partition coefficient (Wildman–Crippen LogP) is 1.94. The van der Waals surface area contributed by atoms with E-state index in [0.29, 0.717) is 18.5 Å². The highest BCUT2D eigenvalue weighted by Crippen LogP contribution is 2.47. The molecule has 0 bridgehead atoms. The predicted molar refractivity (Wildman–Crippen MR) is 65.1 cm³/mol. The Balaban J connectivity index is 2.18. The molecule has 0 saturated heterocycles. The molecule has 1 amide bonds. The van der Waals surface area contributed by atoms with Crippen molar-refractivity contribution < 1.29 is 14.4 Å². The van der Waals surface area contributed by atoms with Gasteiger partial charge in [0.1, 0.15) is 11.2 Å². The summed E-state index contributed by atoms with van der Waals surface area (Å²) in [7, 11) is 0. The fourth-order valence-electron chi connectivity index (χ4n) is 1.65. The number of oxime groups is 1. The van der Waals surface area contributed by atoms with Crippen molar-refractivity contribution in [2.45, 2.75) is 12.8 Å². The monoisotopic (exact) mass is 271 g/mol. The molecule has 0 aromatic heterocycles. The SMILES string of the molecule is N/C(=N/O)C1(C(=O)Nc2ccc(F)cc2Cl)CC1. The third-order valence-electron chi connectivity index (χ3n) is 2.96. The molecule has 4 N–H and O–H groups in total. The zero-order valence-corrected chi connectivity index (χ0v) is 10.0. The summed E-state index contributed by atoms with van der Waals surface area (Å²) in [6, 6.07) is 3.64. The van der Waals surface area contributed by atoms with E-state index in [0.717, 1.165) is 6.07 Å². The molecule has 5 nitrogen and oxygen atoms in total.